The molecule has 0 unspecified atom stereocenters. The number of carbonyl (C=O) groups is 3. The van der Waals surface area contributed by atoms with Gasteiger partial charge in [0.15, 0.2) is 0 Å². The summed E-state index contributed by atoms with van der Waals surface area (Å²) in [5.74, 6) is 0.0249. The number of carbonyl (C=O) groups excluding carboxylic acids is 3. The molecule has 3 amide bonds. The first-order valence-electron chi connectivity index (χ1n) is 9.56. The van der Waals surface area contributed by atoms with E-state index in [9.17, 15) is 14.4 Å². The van der Waals surface area contributed by atoms with Gasteiger partial charge in [-0.15, -0.1) is 0 Å². The maximum absolute atomic E-state index is 13.2. The monoisotopic (exact) mass is 375 g/mol. The van der Waals surface area contributed by atoms with Crippen molar-refractivity contribution in [3.8, 4) is 0 Å². The van der Waals surface area contributed by atoms with Crippen LogP contribution in [0.4, 0.5) is 0 Å². The van der Waals surface area contributed by atoms with E-state index in [1.165, 1.54) is 6.92 Å². The SMILES string of the molecule is CC(=O)N[C@H]1C[C@H]2CN(C(=O)c3cc(C)nn3C)[C@@H](CC(C)C)C(=O)N2C1. The fourth-order valence-corrected chi connectivity index (χ4v) is 4.29. The summed E-state index contributed by atoms with van der Waals surface area (Å²) in [7, 11) is 1.75. The number of nitrogens with one attached hydrogen (secondary N) is 1. The van der Waals surface area contributed by atoms with E-state index in [4.69, 9.17) is 0 Å². The summed E-state index contributed by atoms with van der Waals surface area (Å²) in [5.41, 5.74) is 1.27. The predicted octanol–water partition coefficient (Wildman–Crippen LogP) is 0.705. The van der Waals surface area contributed by atoms with Gasteiger partial charge in [0.25, 0.3) is 5.91 Å². The van der Waals surface area contributed by atoms with E-state index >= 15 is 0 Å². The molecule has 0 bridgehead atoms. The zero-order valence-corrected chi connectivity index (χ0v) is 16.7. The standard InChI is InChI=1S/C19H29N5O3/c1-11(2)6-17-19(27)23-9-14(20-13(4)25)8-15(23)10-24(17)18(26)16-7-12(3)21-22(16)5/h7,11,14-15,17H,6,8-10H2,1-5H3,(H,20,25)/t14-,15-,17-/m0/s1. The Hall–Kier alpha value is -2.38. The van der Waals surface area contributed by atoms with Gasteiger partial charge in [-0.25, -0.2) is 0 Å². The Morgan fingerprint density at radius 3 is 2.59 bits per heavy atom. The quantitative estimate of drug-likeness (QED) is 0.839. The van der Waals surface area contributed by atoms with Crippen molar-refractivity contribution in [3.05, 3.63) is 17.5 Å². The molecule has 1 aromatic heterocycles. The van der Waals surface area contributed by atoms with Crippen molar-refractivity contribution >= 4 is 17.7 Å². The summed E-state index contributed by atoms with van der Waals surface area (Å²) >= 11 is 0. The van der Waals surface area contributed by atoms with Crippen LogP contribution < -0.4 is 5.32 Å². The van der Waals surface area contributed by atoms with Crippen LogP contribution in [0.3, 0.4) is 0 Å². The van der Waals surface area contributed by atoms with Crippen LogP contribution >= 0.6 is 0 Å². The molecule has 2 fully saturated rings. The maximum Gasteiger partial charge on any atom is 0.272 e. The molecule has 27 heavy (non-hydrogen) atoms. The van der Waals surface area contributed by atoms with E-state index in [0.717, 1.165) is 5.69 Å². The van der Waals surface area contributed by atoms with Crippen molar-refractivity contribution in [3.63, 3.8) is 0 Å². The van der Waals surface area contributed by atoms with Crippen LogP contribution in [0.15, 0.2) is 6.07 Å². The Balaban J connectivity index is 1.87. The van der Waals surface area contributed by atoms with Crippen LogP contribution in [0.1, 0.15) is 49.8 Å². The third kappa shape index (κ3) is 3.84. The van der Waals surface area contributed by atoms with E-state index < -0.39 is 6.04 Å². The van der Waals surface area contributed by atoms with E-state index in [1.54, 1.807) is 22.7 Å². The summed E-state index contributed by atoms with van der Waals surface area (Å²) in [6.45, 7) is 8.45. The lowest BCUT2D eigenvalue weighted by molar-refractivity contribution is -0.142. The molecular weight excluding hydrogens is 346 g/mol. The topological polar surface area (TPSA) is 87.5 Å². The van der Waals surface area contributed by atoms with Gasteiger partial charge in [0, 0.05) is 33.1 Å². The van der Waals surface area contributed by atoms with Gasteiger partial charge in [-0.2, -0.15) is 5.10 Å². The molecular formula is C19H29N5O3. The molecule has 1 N–H and O–H groups in total. The fraction of sp³-hybridized carbons (Fsp3) is 0.684. The van der Waals surface area contributed by atoms with Crippen LogP contribution in [0.2, 0.25) is 0 Å². The zero-order chi connectivity index (χ0) is 19.9. The number of piperazine rings is 1. The average molecular weight is 375 g/mol. The van der Waals surface area contributed by atoms with Crippen molar-refractivity contribution in [2.45, 2.75) is 58.7 Å². The van der Waals surface area contributed by atoms with Crippen molar-refractivity contribution < 1.29 is 14.4 Å². The highest BCUT2D eigenvalue weighted by Gasteiger charge is 2.47. The Morgan fingerprint density at radius 2 is 2.04 bits per heavy atom. The molecule has 3 rings (SSSR count). The predicted molar refractivity (Wildman–Crippen MR) is 99.9 cm³/mol. The number of nitrogens with zero attached hydrogens (tertiary/aromatic N) is 4. The number of hydrogen-bond acceptors (Lipinski definition) is 4. The molecule has 2 aliphatic heterocycles. The second kappa shape index (κ2) is 7.32. The third-order valence-corrected chi connectivity index (χ3v) is 5.35. The van der Waals surface area contributed by atoms with E-state index in [-0.39, 0.29) is 35.7 Å². The molecule has 148 valence electrons. The molecule has 3 atom stereocenters. The van der Waals surface area contributed by atoms with Crippen molar-refractivity contribution in [2.24, 2.45) is 13.0 Å². The average Bonchev–Trinajstić information content (AvgIpc) is 3.10. The van der Waals surface area contributed by atoms with Crippen molar-refractivity contribution in [2.75, 3.05) is 13.1 Å². The molecule has 2 aliphatic rings. The first-order valence-corrected chi connectivity index (χ1v) is 9.56. The van der Waals surface area contributed by atoms with E-state index in [2.05, 4.69) is 24.3 Å². The lowest BCUT2D eigenvalue weighted by Gasteiger charge is -2.43. The Labute approximate surface area is 159 Å². The van der Waals surface area contributed by atoms with Gasteiger partial charge < -0.3 is 15.1 Å². The third-order valence-electron chi connectivity index (χ3n) is 5.35. The minimum Gasteiger partial charge on any atom is -0.352 e. The van der Waals surface area contributed by atoms with Gasteiger partial charge in [-0.05, 0) is 31.7 Å². The molecule has 0 spiro atoms. The van der Waals surface area contributed by atoms with Crippen molar-refractivity contribution in [1.82, 2.24) is 24.9 Å². The van der Waals surface area contributed by atoms with Gasteiger partial charge in [0.05, 0.1) is 11.7 Å². The second-order valence-corrected chi connectivity index (χ2v) is 8.17. The summed E-state index contributed by atoms with van der Waals surface area (Å²) in [6, 6.07) is 1.18. The number of hydrogen-bond donors (Lipinski definition) is 1. The summed E-state index contributed by atoms with van der Waals surface area (Å²) in [5, 5.41) is 7.18. The smallest absolute Gasteiger partial charge is 0.272 e. The van der Waals surface area contributed by atoms with E-state index in [1.807, 2.05) is 11.8 Å². The van der Waals surface area contributed by atoms with Gasteiger partial charge in [0.1, 0.15) is 11.7 Å². The maximum atomic E-state index is 13.2. The Morgan fingerprint density at radius 1 is 1.33 bits per heavy atom. The van der Waals surface area contributed by atoms with Crippen LogP contribution in [0.5, 0.6) is 0 Å². The van der Waals surface area contributed by atoms with Crippen LogP contribution in [0.25, 0.3) is 0 Å². The molecule has 8 nitrogen and oxygen atoms in total. The van der Waals surface area contributed by atoms with Gasteiger partial charge >= 0.3 is 0 Å². The fourth-order valence-electron chi connectivity index (χ4n) is 4.29. The molecule has 0 aliphatic carbocycles. The second-order valence-electron chi connectivity index (χ2n) is 8.17. The zero-order valence-electron chi connectivity index (χ0n) is 16.7. The lowest BCUT2D eigenvalue weighted by Crippen LogP contribution is -2.61. The first-order chi connectivity index (χ1) is 12.7. The molecule has 0 saturated carbocycles. The number of amides is 3. The van der Waals surface area contributed by atoms with Gasteiger partial charge in [0.2, 0.25) is 11.8 Å². The molecule has 3 heterocycles. The lowest BCUT2D eigenvalue weighted by atomic mass is 9.96. The minimum absolute atomic E-state index is 0.0138. The number of fused-ring (bicyclic) bond motifs is 1. The molecule has 0 aromatic carbocycles. The van der Waals surface area contributed by atoms with Gasteiger partial charge in [-0.3, -0.25) is 19.1 Å². The van der Waals surface area contributed by atoms with Gasteiger partial charge in [-0.1, -0.05) is 13.8 Å². The van der Waals surface area contributed by atoms with E-state index in [0.29, 0.717) is 31.6 Å². The summed E-state index contributed by atoms with van der Waals surface area (Å²) in [4.78, 5) is 41.4. The molecule has 1 aromatic rings. The van der Waals surface area contributed by atoms with Crippen molar-refractivity contribution in [1.29, 1.82) is 0 Å². The molecule has 8 heteroatoms. The first kappa shape index (κ1) is 19.4. The highest BCUT2D eigenvalue weighted by atomic mass is 16.2. The molecule has 2 saturated heterocycles. The Kier molecular flexibility index (Phi) is 5.26. The van der Waals surface area contributed by atoms with Crippen LogP contribution in [0, 0.1) is 12.8 Å². The highest BCUT2D eigenvalue weighted by molar-refractivity contribution is 5.97. The van der Waals surface area contributed by atoms with Crippen LogP contribution in [-0.2, 0) is 16.6 Å². The summed E-state index contributed by atoms with van der Waals surface area (Å²) in [6.07, 6.45) is 1.29. The normalized spacial score (nSPS) is 25.1. The highest BCUT2D eigenvalue weighted by Crippen LogP contribution is 2.30. The largest absolute Gasteiger partial charge is 0.352 e. The number of rotatable bonds is 4. The molecule has 0 radical (unpaired) electrons. The number of aromatic nitrogens is 2. The van der Waals surface area contributed by atoms with Crippen LogP contribution in [-0.4, -0.2) is 68.5 Å². The minimum atomic E-state index is -0.472. The number of aryl methyl sites for hydroxylation is 2. The Bertz CT molecular complexity index is 757. The summed E-state index contributed by atoms with van der Waals surface area (Å²) < 4.78 is 1.58.